The topological polar surface area (TPSA) is 42.2 Å². The van der Waals surface area contributed by atoms with Crippen molar-refractivity contribution >= 4 is 0 Å². The summed E-state index contributed by atoms with van der Waals surface area (Å²) in [6, 6.07) is 9.70. The molecule has 0 aliphatic carbocycles. The highest BCUT2D eigenvalue weighted by molar-refractivity contribution is 5.76. The summed E-state index contributed by atoms with van der Waals surface area (Å²) in [6.07, 6.45) is -4.56. The van der Waals surface area contributed by atoms with Crippen LogP contribution in [0.4, 0.5) is 13.2 Å². The van der Waals surface area contributed by atoms with Crippen molar-refractivity contribution in [3.05, 3.63) is 47.5 Å². The van der Waals surface area contributed by atoms with E-state index in [0.29, 0.717) is 11.5 Å². The van der Waals surface area contributed by atoms with Gasteiger partial charge in [0.25, 0.3) is 0 Å². The Balaban J connectivity index is 2.74. The zero-order chi connectivity index (χ0) is 16.3. The fraction of sp³-hybridized carbons (Fsp3) is 0.188. The molecule has 2 rings (SSSR count). The second-order valence-electron chi connectivity index (χ2n) is 4.41. The molecule has 0 aliphatic rings. The van der Waals surface area contributed by atoms with Crippen molar-refractivity contribution in [1.82, 2.24) is 0 Å². The molecule has 0 bridgehead atoms. The van der Waals surface area contributed by atoms with Crippen molar-refractivity contribution in [2.24, 2.45) is 0 Å². The molecule has 0 unspecified atom stereocenters. The maximum Gasteiger partial charge on any atom is 0.417 e. The average Bonchev–Trinajstić information content (AvgIpc) is 2.52. The second-order valence-corrected chi connectivity index (χ2v) is 4.41. The highest BCUT2D eigenvalue weighted by atomic mass is 19.4. The Morgan fingerprint density at radius 3 is 2.23 bits per heavy atom. The second kappa shape index (κ2) is 5.98. The first kappa shape index (κ1) is 15.7. The number of halogens is 3. The van der Waals surface area contributed by atoms with Crippen LogP contribution in [0.15, 0.2) is 36.4 Å². The molecule has 0 amide bonds. The lowest BCUT2D eigenvalue weighted by molar-refractivity contribution is -0.137. The number of hydrogen-bond acceptors (Lipinski definition) is 3. The third kappa shape index (κ3) is 2.84. The number of nitrogens with zero attached hydrogens (tertiary/aromatic N) is 1. The fourth-order valence-corrected chi connectivity index (χ4v) is 2.18. The van der Waals surface area contributed by atoms with E-state index in [0.717, 1.165) is 6.07 Å². The molecule has 0 aromatic heterocycles. The fourth-order valence-electron chi connectivity index (χ4n) is 2.18. The first-order chi connectivity index (χ1) is 10.4. The standard InChI is InChI=1S/C16H12F3NO2/c1-21-13-7-6-10(8-14(13)22-2)15-11(9-20)4-3-5-12(15)16(17,18)19/h3-8H,1-2H3. The summed E-state index contributed by atoms with van der Waals surface area (Å²) < 4.78 is 49.8. The molecule has 0 atom stereocenters. The molecule has 114 valence electrons. The van der Waals surface area contributed by atoms with E-state index < -0.39 is 11.7 Å². The molecule has 2 aromatic rings. The Kier molecular flexibility index (Phi) is 4.27. The van der Waals surface area contributed by atoms with Crippen molar-refractivity contribution < 1.29 is 22.6 Å². The first-order valence-electron chi connectivity index (χ1n) is 6.25. The molecule has 0 heterocycles. The number of nitriles is 1. The maximum atomic E-state index is 13.2. The van der Waals surface area contributed by atoms with Gasteiger partial charge >= 0.3 is 6.18 Å². The Morgan fingerprint density at radius 1 is 1.00 bits per heavy atom. The minimum absolute atomic E-state index is 0.0537. The van der Waals surface area contributed by atoms with Gasteiger partial charge in [0.15, 0.2) is 11.5 Å². The van der Waals surface area contributed by atoms with Gasteiger partial charge in [-0.05, 0) is 29.8 Å². The third-order valence-corrected chi connectivity index (χ3v) is 3.16. The molecule has 0 saturated heterocycles. The number of methoxy groups -OCH3 is 2. The van der Waals surface area contributed by atoms with Gasteiger partial charge in [0.05, 0.1) is 31.4 Å². The third-order valence-electron chi connectivity index (χ3n) is 3.16. The average molecular weight is 307 g/mol. The van der Waals surface area contributed by atoms with E-state index in [1.807, 2.05) is 0 Å². The van der Waals surface area contributed by atoms with E-state index >= 15 is 0 Å². The summed E-state index contributed by atoms with van der Waals surface area (Å²) in [7, 11) is 2.82. The Morgan fingerprint density at radius 2 is 1.68 bits per heavy atom. The van der Waals surface area contributed by atoms with E-state index in [2.05, 4.69) is 0 Å². The maximum absolute atomic E-state index is 13.2. The molecule has 0 spiro atoms. The summed E-state index contributed by atoms with van der Waals surface area (Å²) >= 11 is 0. The van der Waals surface area contributed by atoms with Crippen LogP contribution in [0.1, 0.15) is 11.1 Å². The van der Waals surface area contributed by atoms with Gasteiger partial charge < -0.3 is 9.47 Å². The quantitative estimate of drug-likeness (QED) is 0.851. The summed E-state index contributed by atoms with van der Waals surface area (Å²) in [6.45, 7) is 0. The van der Waals surface area contributed by atoms with Crippen molar-refractivity contribution in [1.29, 1.82) is 5.26 Å². The molecule has 0 N–H and O–H groups in total. The van der Waals surface area contributed by atoms with Crippen LogP contribution in [0.2, 0.25) is 0 Å². The summed E-state index contributed by atoms with van der Waals surface area (Å²) in [4.78, 5) is 0. The lowest BCUT2D eigenvalue weighted by Crippen LogP contribution is -2.08. The first-order valence-corrected chi connectivity index (χ1v) is 6.25. The molecule has 6 heteroatoms. The van der Waals surface area contributed by atoms with E-state index in [1.165, 1.54) is 44.6 Å². The molecule has 2 aromatic carbocycles. The van der Waals surface area contributed by atoms with Gasteiger partial charge in [-0.2, -0.15) is 18.4 Å². The monoisotopic (exact) mass is 307 g/mol. The van der Waals surface area contributed by atoms with Gasteiger partial charge in [-0.1, -0.05) is 12.1 Å². The highest BCUT2D eigenvalue weighted by Gasteiger charge is 2.34. The van der Waals surface area contributed by atoms with Crippen molar-refractivity contribution in [3.63, 3.8) is 0 Å². The van der Waals surface area contributed by atoms with E-state index in [4.69, 9.17) is 14.7 Å². The minimum atomic E-state index is -4.56. The molecular weight excluding hydrogens is 295 g/mol. The van der Waals surface area contributed by atoms with Crippen LogP contribution in [0.25, 0.3) is 11.1 Å². The minimum Gasteiger partial charge on any atom is -0.493 e. The zero-order valence-corrected chi connectivity index (χ0v) is 11.9. The smallest absolute Gasteiger partial charge is 0.417 e. The number of rotatable bonds is 3. The Bertz CT molecular complexity index is 733. The number of ether oxygens (including phenoxy) is 2. The van der Waals surface area contributed by atoms with E-state index in [9.17, 15) is 13.2 Å². The van der Waals surface area contributed by atoms with Crippen LogP contribution in [0.5, 0.6) is 11.5 Å². The molecule has 22 heavy (non-hydrogen) atoms. The summed E-state index contributed by atoms with van der Waals surface area (Å²) in [5.74, 6) is 0.690. The van der Waals surface area contributed by atoms with Crippen LogP contribution in [-0.4, -0.2) is 14.2 Å². The highest BCUT2D eigenvalue weighted by Crippen LogP contribution is 2.41. The van der Waals surface area contributed by atoms with Gasteiger partial charge in [0.1, 0.15) is 0 Å². The lowest BCUT2D eigenvalue weighted by Gasteiger charge is -2.16. The predicted molar refractivity (Wildman–Crippen MR) is 74.7 cm³/mol. The zero-order valence-electron chi connectivity index (χ0n) is 11.9. The van der Waals surface area contributed by atoms with Crippen molar-refractivity contribution in [2.45, 2.75) is 6.18 Å². The van der Waals surface area contributed by atoms with Gasteiger partial charge in [0, 0.05) is 5.56 Å². The van der Waals surface area contributed by atoms with Crippen LogP contribution in [-0.2, 0) is 6.18 Å². The van der Waals surface area contributed by atoms with Crippen LogP contribution in [0.3, 0.4) is 0 Å². The largest absolute Gasteiger partial charge is 0.493 e. The van der Waals surface area contributed by atoms with Gasteiger partial charge in [-0.25, -0.2) is 0 Å². The SMILES string of the molecule is COc1ccc(-c2c(C#N)cccc2C(F)(F)F)cc1OC. The van der Waals surface area contributed by atoms with Gasteiger partial charge in [0.2, 0.25) is 0 Å². The molecule has 0 aliphatic heterocycles. The number of benzene rings is 2. The summed E-state index contributed by atoms with van der Waals surface area (Å²) in [5, 5.41) is 9.12. The Hall–Kier alpha value is -2.68. The predicted octanol–water partition coefficient (Wildman–Crippen LogP) is 4.26. The lowest BCUT2D eigenvalue weighted by atomic mass is 9.94. The van der Waals surface area contributed by atoms with Crippen LogP contribution < -0.4 is 9.47 Å². The molecule has 0 radical (unpaired) electrons. The van der Waals surface area contributed by atoms with Gasteiger partial charge in [-0.15, -0.1) is 0 Å². The molecule has 0 saturated carbocycles. The van der Waals surface area contributed by atoms with Gasteiger partial charge in [-0.3, -0.25) is 0 Å². The van der Waals surface area contributed by atoms with Crippen LogP contribution >= 0.6 is 0 Å². The number of alkyl halides is 3. The molecule has 3 nitrogen and oxygen atoms in total. The molecular formula is C16H12F3NO2. The summed E-state index contributed by atoms with van der Waals surface area (Å²) in [5.41, 5.74) is -0.846. The molecule has 0 fully saturated rings. The van der Waals surface area contributed by atoms with Crippen molar-refractivity contribution in [2.75, 3.05) is 14.2 Å². The van der Waals surface area contributed by atoms with Crippen LogP contribution in [0, 0.1) is 11.3 Å². The van der Waals surface area contributed by atoms with E-state index in [-0.39, 0.29) is 16.7 Å². The van der Waals surface area contributed by atoms with E-state index in [1.54, 1.807) is 6.07 Å². The normalized spacial score (nSPS) is 10.9. The Labute approximate surface area is 125 Å². The van der Waals surface area contributed by atoms with Crippen molar-refractivity contribution in [3.8, 4) is 28.7 Å². The number of hydrogen-bond donors (Lipinski definition) is 0.